The lowest BCUT2D eigenvalue weighted by molar-refractivity contribution is -0.145. The summed E-state index contributed by atoms with van der Waals surface area (Å²) >= 11 is 0. The molecule has 0 amide bonds. The third-order valence-electron chi connectivity index (χ3n) is 3.41. The molecule has 0 heterocycles. The average Bonchev–Trinajstić information content (AvgIpc) is 2.31. The first kappa shape index (κ1) is 16.9. The SMILES string of the molecule is CCCCC(CCC(=O)O)C(CCCC)C(=O)O. The summed E-state index contributed by atoms with van der Waals surface area (Å²) in [6.07, 6.45) is 5.91. The molecule has 2 atom stereocenters. The van der Waals surface area contributed by atoms with Crippen molar-refractivity contribution in [1.82, 2.24) is 0 Å². The Hall–Kier alpha value is -1.06. The van der Waals surface area contributed by atoms with Gasteiger partial charge in [-0.25, -0.2) is 0 Å². The number of aliphatic carboxylic acids is 2. The minimum atomic E-state index is -0.837. The summed E-state index contributed by atoms with van der Waals surface area (Å²) in [6, 6.07) is 0. The second kappa shape index (κ2) is 9.92. The van der Waals surface area contributed by atoms with Crippen LogP contribution in [0.5, 0.6) is 0 Å². The van der Waals surface area contributed by atoms with Crippen molar-refractivity contribution in [2.75, 3.05) is 0 Å². The van der Waals surface area contributed by atoms with Crippen LogP contribution in [0.3, 0.4) is 0 Å². The van der Waals surface area contributed by atoms with Crippen molar-refractivity contribution in [3.05, 3.63) is 0 Å². The quantitative estimate of drug-likeness (QED) is 0.594. The van der Waals surface area contributed by atoms with Crippen molar-refractivity contribution in [3.63, 3.8) is 0 Å². The molecule has 0 aromatic carbocycles. The Bertz CT molecular complexity index is 250. The van der Waals surface area contributed by atoms with Crippen molar-refractivity contribution in [3.8, 4) is 0 Å². The molecule has 0 fully saturated rings. The van der Waals surface area contributed by atoms with Gasteiger partial charge in [0.1, 0.15) is 0 Å². The van der Waals surface area contributed by atoms with E-state index in [-0.39, 0.29) is 18.3 Å². The third-order valence-corrected chi connectivity index (χ3v) is 3.41. The topological polar surface area (TPSA) is 74.6 Å². The predicted molar refractivity (Wildman–Crippen MR) is 70.5 cm³/mol. The van der Waals surface area contributed by atoms with Gasteiger partial charge in [-0.05, 0) is 25.2 Å². The highest BCUT2D eigenvalue weighted by atomic mass is 16.4. The Labute approximate surface area is 109 Å². The van der Waals surface area contributed by atoms with E-state index in [9.17, 15) is 14.7 Å². The van der Waals surface area contributed by atoms with E-state index in [4.69, 9.17) is 5.11 Å². The molecular formula is C14H26O4. The van der Waals surface area contributed by atoms with Crippen LogP contribution in [-0.2, 0) is 9.59 Å². The fourth-order valence-corrected chi connectivity index (χ4v) is 2.31. The minimum Gasteiger partial charge on any atom is -0.481 e. The van der Waals surface area contributed by atoms with Crippen LogP contribution in [0.2, 0.25) is 0 Å². The molecule has 2 N–H and O–H groups in total. The van der Waals surface area contributed by atoms with Gasteiger partial charge in [-0.3, -0.25) is 9.59 Å². The first-order valence-corrected chi connectivity index (χ1v) is 6.97. The number of hydrogen-bond donors (Lipinski definition) is 2. The van der Waals surface area contributed by atoms with E-state index >= 15 is 0 Å². The number of carboxylic acid groups (broad SMARTS) is 2. The number of unbranched alkanes of at least 4 members (excludes halogenated alkanes) is 2. The van der Waals surface area contributed by atoms with Gasteiger partial charge in [0.25, 0.3) is 0 Å². The summed E-state index contributed by atoms with van der Waals surface area (Å²) in [4.78, 5) is 21.9. The van der Waals surface area contributed by atoms with Crippen molar-refractivity contribution < 1.29 is 19.8 Å². The maximum Gasteiger partial charge on any atom is 0.306 e. The second-order valence-corrected chi connectivity index (χ2v) is 4.92. The molecule has 4 heteroatoms. The fraction of sp³-hybridized carbons (Fsp3) is 0.857. The van der Waals surface area contributed by atoms with Crippen LogP contribution in [0.4, 0.5) is 0 Å². The van der Waals surface area contributed by atoms with Gasteiger partial charge in [0, 0.05) is 6.42 Å². The summed E-state index contributed by atoms with van der Waals surface area (Å²) in [5, 5.41) is 18.0. The summed E-state index contributed by atoms with van der Waals surface area (Å²) in [5.41, 5.74) is 0. The molecule has 4 nitrogen and oxygen atoms in total. The maximum absolute atomic E-state index is 11.3. The number of rotatable bonds is 11. The molecule has 0 aromatic heterocycles. The van der Waals surface area contributed by atoms with Crippen LogP contribution >= 0.6 is 0 Å². The zero-order valence-electron chi connectivity index (χ0n) is 11.5. The van der Waals surface area contributed by atoms with E-state index in [1.165, 1.54) is 0 Å². The van der Waals surface area contributed by atoms with Crippen LogP contribution in [-0.4, -0.2) is 22.2 Å². The van der Waals surface area contributed by atoms with Gasteiger partial charge < -0.3 is 10.2 Å². The van der Waals surface area contributed by atoms with E-state index in [0.717, 1.165) is 32.1 Å². The van der Waals surface area contributed by atoms with Gasteiger partial charge >= 0.3 is 11.9 Å². The molecule has 18 heavy (non-hydrogen) atoms. The Morgan fingerprint density at radius 1 is 0.944 bits per heavy atom. The third kappa shape index (κ3) is 7.30. The van der Waals surface area contributed by atoms with E-state index in [1.54, 1.807) is 0 Å². The molecule has 0 saturated carbocycles. The predicted octanol–water partition coefficient (Wildman–Crippen LogP) is 3.55. The van der Waals surface area contributed by atoms with Crippen molar-refractivity contribution >= 4 is 11.9 Å². The second-order valence-electron chi connectivity index (χ2n) is 4.92. The molecule has 2 unspecified atom stereocenters. The normalized spacial score (nSPS) is 14.1. The van der Waals surface area contributed by atoms with Crippen LogP contribution in [0, 0.1) is 11.8 Å². The Morgan fingerprint density at radius 3 is 1.94 bits per heavy atom. The minimum absolute atomic E-state index is 0.00472. The van der Waals surface area contributed by atoms with Crippen LogP contribution in [0.25, 0.3) is 0 Å². The maximum atomic E-state index is 11.3. The van der Waals surface area contributed by atoms with E-state index in [2.05, 4.69) is 6.92 Å². The van der Waals surface area contributed by atoms with Gasteiger partial charge in [-0.2, -0.15) is 0 Å². The number of hydrogen-bond acceptors (Lipinski definition) is 2. The largest absolute Gasteiger partial charge is 0.481 e. The highest BCUT2D eigenvalue weighted by Crippen LogP contribution is 2.28. The van der Waals surface area contributed by atoms with E-state index in [1.807, 2.05) is 6.92 Å². The number of carboxylic acids is 2. The van der Waals surface area contributed by atoms with Crippen LogP contribution in [0.15, 0.2) is 0 Å². The smallest absolute Gasteiger partial charge is 0.306 e. The molecule has 0 aliphatic rings. The summed E-state index contributed by atoms with van der Waals surface area (Å²) < 4.78 is 0. The van der Waals surface area contributed by atoms with E-state index < -0.39 is 11.9 Å². The molecule has 0 bridgehead atoms. The summed E-state index contributed by atoms with van der Waals surface area (Å²) in [6.45, 7) is 4.10. The highest BCUT2D eigenvalue weighted by molar-refractivity contribution is 5.70. The Morgan fingerprint density at radius 2 is 1.50 bits per heavy atom. The van der Waals surface area contributed by atoms with E-state index in [0.29, 0.717) is 12.8 Å². The summed E-state index contributed by atoms with van der Waals surface area (Å²) in [7, 11) is 0. The Balaban J connectivity index is 4.51. The lowest BCUT2D eigenvalue weighted by Crippen LogP contribution is -2.24. The van der Waals surface area contributed by atoms with Gasteiger partial charge in [0.15, 0.2) is 0 Å². The molecule has 0 saturated heterocycles. The first-order chi connectivity index (χ1) is 8.52. The van der Waals surface area contributed by atoms with Crippen molar-refractivity contribution in [2.24, 2.45) is 11.8 Å². The van der Waals surface area contributed by atoms with Gasteiger partial charge in [0.2, 0.25) is 0 Å². The zero-order valence-corrected chi connectivity index (χ0v) is 11.5. The van der Waals surface area contributed by atoms with Crippen molar-refractivity contribution in [2.45, 2.75) is 65.2 Å². The van der Waals surface area contributed by atoms with Crippen molar-refractivity contribution in [1.29, 1.82) is 0 Å². The lowest BCUT2D eigenvalue weighted by Gasteiger charge is -2.23. The molecule has 0 aliphatic carbocycles. The standard InChI is InChI=1S/C14H26O4/c1-3-5-7-11(9-10-13(15)16)12(14(17)18)8-6-4-2/h11-12H,3-10H2,1-2H3,(H,15,16)(H,17,18). The lowest BCUT2D eigenvalue weighted by atomic mass is 9.81. The van der Waals surface area contributed by atoms with Crippen LogP contribution < -0.4 is 0 Å². The molecular weight excluding hydrogens is 232 g/mol. The molecule has 0 radical (unpaired) electrons. The average molecular weight is 258 g/mol. The molecule has 106 valence electrons. The first-order valence-electron chi connectivity index (χ1n) is 6.97. The van der Waals surface area contributed by atoms with Crippen LogP contribution in [0.1, 0.15) is 65.2 Å². The fourth-order valence-electron chi connectivity index (χ4n) is 2.31. The molecule has 0 spiro atoms. The Kier molecular flexibility index (Phi) is 9.33. The van der Waals surface area contributed by atoms with Gasteiger partial charge in [0.05, 0.1) is 5.92 Å². The molecule has 0 rings (SSSR count). The molecule has 0 aliphatic heterocycles. The monoisotopic (exact) mass is 258 g/mol. The summed E-state index contributed by atoms with van der Waals surface area (Å²) in [5.74, 6) is -1.98. The van der Waals surface area contributed by atoms with Gasteiger partial charge in [-0.1, -0.05) is 39.5 Å². The highest BCUT2D eigenvalue weighted by Gasteiger charge is 2.27. The molecule has 0 aromatic rings. The zero-order chi connectivity index (χ0) is 14.0. The number of carbonyl (C=O) groups is 2. The van der Waals surface area contributed by atoms with Gasteiger partial charge in [-0.15, -0.1) is 0 Å².